The number of hydrogen-bond donors (Lipinski definition) is 2. The fourth-order valence-corrected chi connectivity index (χ4v) is 1.10. The number of hydrogen-bond acceptors (Lipinski definition) is 5. The molecule has 0 amide bonds. The van der Waals surface area contributed by atoms with Crippen LogP contribution in [0.4, 0.5) is 6.01 Å². The number of anilines is 1. The molecule has 0 unspecified atom stereocenters. The molecule has 1 heterocycles. The van der Waals surface area contributed by atoms with Gasteiger partial charge < -0.3 is 15.1 Å². The Kier molecular flexibility index (Phi) is 4.55. The summed E-state index contributed by atoms with van der Waals surface area (Å²) in [6.45, 7) is 9.96. The molecular weight excluding hydrogens is 192 g/mol. The Morgan fingerprint density at radius 1 is 1.20 bits per heavy atom. The van der Waals surface area contributed by atoms with Crippen molar-refractivity contribution in [2.75, 3.05) is 11.9 Å². The third kappa shape index (κ3) is 4.78. The van der Waals surface area contributed by atoms with E-state index in [0.29, 0.717) is 30.4 Å². The summed E-state index contributed by atoms with van der Waals surface area (Å²) in [6, 6.07) is 0.799. The zero-order valence-electron chi connectivity index (χ0n) is 9.87. The van der Waals surface area contributed by atoms with E-state index < -0.39 is 0 Å². The molecule has 0 aliphatic rings. The van der Waals surface area contributed by atoms with Crippen LogP contribution in [-0.4, -0.2) is 22.8 Å². The topological polar surface area (TPSA) is 63.0 Å². The van der Waals surface area contributed by atoms with Crippen molar-refractivity contribution >= 4 is 6.01 Å². The van der Waals surface area contributed by atoms with E-state index in [-0.39, 0.29) is 0 Å². The van der Waals surface area contributed by atoms with Crippen molar-refractivity contribution in [1.82, 2.24) is 15.5 Å². The zero-order chi connectivity index (χ0) is 11.3. The lowest BCUT2D eigenvalue weighted by molar-refractivity contribution is 0.457. The molecule has 0 aromatic carbocycles. The van der Waals surface area contributed by atoms with Crippen molar-refractivity contribution < 1.29 is 4.42 Å². The van der Waals surface area contributed by atoms with Gasteiger partial charge in [0.25, 0.3) is 0 Å². The van der Waals surface area contributed by atoms with Crippen molar-refractivity contribution in [3.63, 3.8) is 0 Å². The van der Waals surface area contributed by atoms with E-state index in [9.17, 15) is 0 Å². The fourth-order valence-electron chi connectivity index (χ4n) is 1.10. The third-order valence-corrected chi connectivity index (χ3v) is 1.71. The smallest absolute Gasteiger partial charge is 0.315 e. The van der Waals surface area contributed by atoms with Crippen molar-refractivity contribution in [2.24, 2.45) is 5.92 Å². The van der Waals surface area contributed by atoms with Crippen LogP contribution in [0.25, 0.3) is 0 Å². The van der Waals surface area contributed by atoms with Crippen molar-refractivity contribution in [1.29, 1.82) is 0 Å². The quantitative estimate of drug-likeness (QED) is 0.750. The summed E-state index contributed by atoms with van der Waals surface area (Å²) in [4.78, 5) is 0. The molecular formula is C10H20N4O. The summed E-state index contributed by atoms with van der Waals surface area (Å²) >= 11 is 0. The lowest BCUT2D eigenvalue weighted by Gasteiger charge is -2.04. The third-order valence-electron chi connectivity index (χ3n) is 1.71. The van der Waals surface area contributed by atoms with Crippen molar-refractivity contribution in [3.8, 4) is 0 Å². The molecule has 0 radical (unpaired) electrons. The van der Waals surface area contributed by atoms with Gasteiger partial charge in [0.2, 0.25) is 5.89 Å². The summed E-state index contributed by atoms with van der Waals surface area (Å²) in [7, 11) is 0. The van der Waals surface area contributed by atoms with E-state index >= 15 is 0 Å². The predicted molar refractivity (Wildman–Crippen MR) is 59.6 cm³/mol. The standard InChI is InChI=1S/C10H20N4O/c1-7(2)5-11-6-9-13-14-10(15-9)12-8(3)4/h7-8,11H,5-6H2,1-4H3,(H,12,14). The normalized spacial score (nSPS) is 11.3. The van der Waals surface area contributed by atoms with Crippen LogP contribution >= 0.6 is 0 Å². The lowest BCUT2D eigenvalue weighted by Crippen LogP contribution is -2.19. The molecule has 5 nitrogen and oxygen atoms in total. The van der Waals surface area contributed by atoms with Gasteiger partial charge in [0.05, 0.1) is 6.54 Å². The van der Waals surface area contributed by atoms with Gasteiger partial charge in [-0.1, -0.05) is 18.9 Å². The Balaban J connectivity index is 2.33. The first-order valence-electron chi connectivity index (χ1n) is 5.37. The number of nitrogens with one attached hydrogen (secondary N) is 2. The van der Waals surface area contributed by atoms with Crippen LogP contribution in [0, 0.1) is 5.92 Å². The zero-order valence-corrected chi connectivity index (χ0v) is 9.87. The maximum Gasteiger partial charge on any atom is 0.315 e. The molecule has 1 aromatic rings. The first-order chi connectivity index (χ1) is 7.08. The van der Waals surface area contributed by atoms with E-state index in [1.165, 1.54) is 0 Å². The molecule has 0 atom stereocenters. The lowest BCUT2D eigenvalue weighted by atomic mass is 10.2. The van der Waals surface area contributed by atoms with Crippen LogP contribution < -0.4 is 10.6 Å². The molecule has 86 valence electrons. The monoisotopic (exact) mass is 212 g/mol. The van der Waals surface area contributed by atoms with Crippen molar-refractivity contribution in [2.45, 2.75) is 40.3 Å². The van der Waals surface area contributed by atoms with Crippen LogP contribution in [0.15, 0.2) is 4.42 Å². The molecule has 2 N–H and O–H groups in total. The summed E-state index contributed by atoms with van der Waals surface area (Å²) in [5, 5.41) is 14.1. The summed E-state index contributed by atoms with van der Waals surface area (Å²) in [6.07, 6.45) is 0. The summed E-state index contributed by atoms with van der Waals surface area (Å²) in [5.74, 6) is 1.25. The Morgan fingerprint density at radius 2 is 1.93 bits per heavy atom. The maximum atomic E-state index is 5.38. The first kappa shape index (κ1) is 12.0. The van der Waals surface area contributed by atoms with Gasteiger partial charge in [-0.25, -0.2) is 0 Å². The Morgan fingerprint density at radius 3 is 2.53 bits per heavy atom. The highest BCUT2D eigenvalue weighted by Crippen LogP contribution is 2.06. The molecule has 0 saturated heterocycles. The molecule has 1 rings (SSSR count). The molecule has 0 spiro atoms. The van der Waals surface area contributed by atoms with E-state index in [4.69, 9.17) is 4.42 Å². The highest BCUT2D eigenvalue weighted by atomic mass is 16.4. The van der Waals surface area contributed by atoms with E-state index in [1.807, 2.05) is 13.8 Å². The summed E-state index contributed by atoms with van der Waals surface area (Å²) in [5.41, 5.74) is 0. The Labute approximate surface area is 90.7 Å². The number of nitrogens with zero attached hydrogens (tertiary/aromatic N) is 2. The minimum absolute atomic E-state index is 0.307. The van der Waals surface area contributed by atoms with Crippen LogP contribution in [-0.2, 0) is 6.54 Å². The minimum Gasteiger partial charge on any atom is -0.407 e. The molecule has 1 aromatic heterocycles. The van der Waals surface area contributed by atoms with Gasteiger partial charge in [-0.15, -0.1) is 5.10 Å². The highest BCUT2D eigenvalue weighted by molar-refractivity contribution is 5.17. The molecule has 0 aliphatic carbocycles. The molecule has 0 aliphatic heterocycles. The van der Waals surface area contributed by atoms with Gasteiger partial charge in [-0.05, 0) is 26.3 Å². The van der Waals surface area contributed by atoms with Gasteiger partial charge in [-0.2, -0.15) is 0 Å². The number of aromatic nitrogens is 2. The Hall–Kier alpha value is -1.10. The molecule has 0 fully saturated rings. The average Bonchev–Trinajstić information content (AvgIpc) is 2.50. The average molecular weight is 212 g/mol. The number of rotatable bonds is 6. The van der Waals surface area contributed by atoms with Crippen LogP contribution in [0.5, 0.6) is 0 Å². The predicted octanol–water partition coefficient (Wildman–Crippen LogP) is 1.64. The van der Waals surface area contributed by atoms with E-state index in [2.05, 4.69) is 34.7 Å². The molecule has 5 heteroatoms. The fraction of sp³-hybridized carbons (Fsp3) is 0.800. The van der Waals surface area contributed by atoms with Crippen LogP contribution in [0.1, 0.15) is 33.6 Å². The molecule has 0 saturated carbocycles. The van der Waals surface area contributed by atoms with Gasteiger partial charge >= 0.3 is 6.01 Å². The highest BCUT2D eigenvalue weighted by Gasteiger charge is 2.06. The second kappa shape index (κ2) is 5.70. The second-order valence-electron chi connectivity index (χ2n) is 4.32. The Bertz CT molecular complexity index is 283. The maximum absolute atomic E-state index is 5.38. The largest absolute Gasteiger partial charge is 0.407 e. The molecule has 15 heavy (non-hydrogen) atoms. The summed E-state index contributed by atoms with van der Waals surface area (Å²) < 4.78 is 5.38. The van der Waals surface area contributed by atoms with Gasteiger partial charge in [-0.3, -0.25) is 0 Å². The van der Waals surface area contributed by atoms with E-state index in [1.54, 1.807) is 0 Å². The SMILES string of the molecule is CC(C)CNCc1nnc(NC(C)C)o1. The van der Waals surface area contributed by atoms with Crippen molar-refractivity contribution in [3.05, 3.63) is 5.89 Å². The first-order valence-corrected chi connectivity index (χ1v) is 5.37. The van der Waals surface area contributed by atoms with Gasteiger partial charge in [0.1, 0.15) is 0 Å². The van der Waals surface area contributed by atoms with E-state index in [0.717, 1.165) is 6.54 Å². The van der Waals surface area contributed by atoms with Gasteiger partial charge in [0.15, 0.2) is 0 Å². The minimum atomic E-state index is 0.307. The molecule has 0 bridgehead atoms. The second-order valence-corrected chi connectivity index (χ2v) is 4.32. The van der Waals surface area contributed by atoms with Crippen LogP contribution in [0.3, 0.4) is 0 Å². The van der Waals surface area contributed by atoms with Crippen LogP contribution in [0.2, 0.25) is 0 Å². The van der Waals surface area contributed by atoms with Gasteiger partial charge in [0, 0.05) is 6.04 Å².